The van der Waals surface area contributed by atoms with Gasteiger partial charge in [-0.1, -0.05) is 0 Å². The van der Waals surface area contributed by atoms with Gasteiger partial charge in [0, 0.05) is 7.05 Å². The SMILES string of the molecule is CNn1ncc(=O)[nH]1. The van der Waals surface area contributed by atoms with Crippen molar-refractivity contribution in [2.24, 2.45) is 0 Å². The van der Waals surface area contributed by atoms with Crippen LogP contribution >= 0.6 is 0 Å². The molecule has 0 atom stereocenters. The van der Waals surface area contributed by atoms with E-state index < -0.39 is 0 Å². The highest BCUT2D eigenvalue weighted by Gasteiger charge is 1.83. The first-order chi connectivity index (χ1) is 3.83. The van der Waals surface area contributed by atoms with Gasteiger partial charge in [0.15, 0.2) is 0 Å². The molecule has 0 aliphatic carbocycles. The van der Waals surface area contributed by atoms with E-state index >= 15 is 0 Å². The van der Waals surface area contributed by atoms with Crippen LogP contribution in [0.2, 0.25) is 0 Å². The number of aromatic nitrogens is 3. The maximum absolute atomic E-state index is 10.3. The summed E-state index contributed by atoms with van der Waals surface area (Å²) in [4.78, 5) is 11.5. The fourth-order valence-electron chi connectivity index (χ4n) is 0.386. The predicted octanol–water partition coefficient (Wildman–Crippen LogP) is -1.26. The first kappa shape index (κ1) is 4.89. The Morgan fingerprint density at radius 1 is 2.00 bits per heavy atom. The Bertz CT molecular complexity index is 211. The lowest BCUT2D eigenvalue weighted by Gasteiger charge is -1.91. The van der Waals surface area contributed by atoms with E-state index in [1.54, 1.807) is 7.05 Å². The number of nitrogens with zero attached hydrogens (tertiary/aromatic N) is 2. The van der Waals surface area contributed by atoms with Crippen molar-refractivity contribution < 1.29 is 0 Å². The summed E-state index contributed by atoms with van der Waals surface area (Å²) in [5.41, 5.74) is 2.39. The molecule has 0 bridgehead atoms. The Balaban J connectivity index is 3.01. The van der Waals surface area contributed by atoms with Gasteiger partial charge in [0.05, 0.1) is 0 Å². The van der Waals surface area contributed by atoms with E-state index in [9.17, 15) is 4.79 Å². The smallest absolute Gasteiger partial charge is 0.285 e. The van der Waals surface area contributed by atoms with Crippen LogP contribution in [0.15, 0.2) is 11.0 Å². The number of hydrogen-bond donors (Lipinski definition) is 2. The van der Waals surface area contributed by atoms with Crippen LogP contribution < -0.4 is 11.0 Å². The van der Waals surface area contributed by atoms with Gasteiger partial charge in [-0.25, -0.2) is 5.10 Å². The molecule has 0 saturated heterocycles. The summed E-state index contributed by atoms with van der Waals surface area (Å²) in [7, 11) is 1.66. The molecular weight excluding hydrogens is 108 g/mol. The molecule has 2 N–H and O–H groups in total. The van der Waals surface area contributed by atoms with Crippen molar-refractivity contribution in [1.29, 1.82) is 0 Å². The fraction of sp³-hybridized carbons (Fsp3) is 0.333. The molecule has 0 radical (unpaired) electrons. The zero-order chi connectivity index (χ0) is 5.98. The molecule has 0 aliphatic rings. The van der Waals surface area contributed by atoms with Gasteiger partial charge in [-0.05, 0) is 0 Å². The van der Waals surface area contributed by atoms with Gasteiger partial charge in [0.2, 0.25) is 0 Å². The lowest BCUT2D eigenvalue weighted by atomic mass is 10.9. The molecule has 5 heteroatoms. The number of H-pyrrole nitrogens is 1. The first-order valence-corrected chi connectivity index (χ1v) is 2.15. The van der Waals surface area contributed by atoms with Crippen LogP contribution in [0.1, 0.15) is 0 Å². The molecule has 0 aliphatic heterocycles. The van der Waals surface area contributed by atoms with Crippen molar-refractivity contribution in [2.75, 3.05) is 12.5 Å². The molecule has 0 saturated carbocycles. The molecule has 5 nitrogen and oxygen atoms in total. The van der Waals surface area contributed by atoms with Crippen LogP contribution in [-0.2, 0) is 0 Å². The van der Waals surface area contributed by atoms with Crippen molar-refractivity contribution >= 4 is 0 Å². The molecule has 44 valence electrons. The van der Waals surface area contributed by atoms with Gasteiger partial charge in [-0.2, -0.15) is 0 Å². The lowest BCUT2D eigenvalue weighted by molar-refractivity contribution is 0.665. The number of nitrogens with one attached hydrogen (secondary N) is 2. The second-order valence-corrected chi connectivity index (χ2v) is 1.26. The Hall–Kier alpha value is -1.26. The molecule has 0 spiro atoms. The zero-order valence-electron chi connectivity index (χ0n) is 4.38. The highest BCUT2D eigenvalue weighted by atomic mass is 16.1. The van der Waals surface area contributed by atoms with E-state index in [1.165, 1.54) is 11.1 Å². The van der Waals surface area contributed by atoms with Crippen LogP contribution in [0.3, 0.4) is 0 Å². The third-order valence-electron chi connectivity index (χ3n) is 0.718. The molecule has 1 heterocycles. The predicted molar refractivity (Wildman–Crippen MR) is 28.1 cm³/mol. The minimum absolute atomic E-state index is 0.209. The molecule has 0 aromatic carbocycles. The maximum Gasteiger partial charge on any atom is 0.285 e. The highest BCUT2D eigenvalue weighted by molar-refractivity contribution is 4.65. The van der Waals surface area contributed by atoms with Gasteiger partial charge in [-0.15, -0.1) is 10.0 Å². The first-order valence-electron chi connectivity index (χ1n) is 2.15. The summed E-state index contributed by atoms with van der Waals surface area (Å²) >= 11 is 0. The van der Waals surface area contributed by atoms with Crippen molar-refractivity contribution in [3.63, 3.8) is 0 Å². The molecule has 0 unspecified atom stereocenters. The van der Waals surface area contributed by atoms with E-state index in [4.69, 9.17) is 0 Å². The molecule has 1 aromatic rings. The van der Waals surface area contributed by atoms with Crippen LogP contribution in [0.4, 0.5) is 0 Å². The standard InChI is InChI=1S/C3H6N4O/c1-4-7-5-2-3(8)6-7/h2,4H,1H3,(H,6,8). The fourth-order valence-corrected chi connectivity index (χ4v) is 0.386. The second kappa shape index (κ2) is 1.69. The monoisotopic (exact) mass is 114 g/mol. The lowest BCUT2D eigenvalue weighted by Crippen LogP contribution is -2.14. The summed E-state index contributed by atoms with van der Waals surface area (Å²) in [6.07, 6.45) is 1.19. The van der Waals surface area contributed by atoms with Gasteiger partial charge < -0.3 is 0 Å². The summed E-state index contributed by atoms with van der Waals surface area (Å²) in [5, 5.41) is 5.94. The van der Waals surface area contributed by atoms with E-state index in [0.29, 0.717) is 0 Å². The Morgan fingerprint density at radius 3 is 3.00 bits per heavy atom. The topological polar surface area (TPSA) is 62.7 Å². The third-order valence-corrected chi connectivity index (χ3v) is 0.718. The highest BCUT2D eigenvalue weighted by Crippen LogP contribution is 1.56. The second-order valence-electron chi connectivity index (χ2n) is 1.26. The van der Waals surface area contributed by atoms with Crippen LogP contribution in [-0.4, -0.2) is 22.2 Å². The average molecular weight is 114 g/mol. The van der Waals surface area contributed by atoms with Gasteiger partial charge in [0.25, 0.3) is 5.56 Å². The summed E-state index contributed by atoms with van der Waals surface area (Å²) < 4.78 is 0. The van der Waals surface area contributed by atoms with Crippen molar-refractivity contribution in [3.05, 3.63) is 16.6 Å². The summed E-state index contributed by atoms with van der Waals surface area (Å²) in [5.74, 6) is 0. The van der Waals surface area contributed by atoms with Crippen LogP contribution in [0, 0.1) is 0 Å². The van der Waals surface area contributed by atoms with Gasteiger partial charge in [0.1, 0.15) is 6.20 Å². The van der Waals surface area contributed by atoms with Gasteiger partial charge in [-0.3, -0.25) is 10.2 Å². The number of hydrogen-bond acceptors (Lipinski definition) is 3. The third kappa shape index (κ3) is 0.699. The largest absolute Gasteiger partial charge is 0.298 e. The number of rotatable bonds is 1. The van der Waals surface area contributed by atoms with E-state index in [-0.39, 0.29) is 5.56 Å². The van der Waals surface area contributed by atoms with E-state index in [1.807, 2.05) is 0 Å². The quantitative estimate of drug-likeness (QED) is 0.479. The summed E-state index contributed by atoms with van der Waals surface area (Å²) in [6.45, 7) is 0. The van der Waals surface area contributed by atoms with E-state index in [0.717, 1.165) is 0 Å². The normalized spacial score (nSPS) is 9.12. The van der Waals surface area contributed by atoms with Crippen LogP contribution in [0.5, 0.6) is 0 Å². The Kier molecular flexibility index (Phi) is 1.03. The van der Waals surface area contributed by atoms with Gasteiger partial charge >= 0.3 is 0 Å². The average Bonchev–Trinajstić information content (AvgIpc) is 2.14. The van der Waals surface area contributed by atoms with E-state index in [2.05, 4.69) is 15.6 Å². The Morgan fingerprint density at radius 2 is 2.75 bits per heavy atom. The zero-order valence-corrected chi connectivity index (χ0v) is 4.38. The molecule has 1 aromatic heterocycles. The number of aromatic amines is 1. The maximum atomic E-state index is 10.3. The minimum Gasteiger partial charge on any atom is -0.298 e. The Labute approximate surface area is 45.3 Å². The van der Waals surface area contributed by atoms with Crippen LogP contribution in [0.25, 0.3) is 0 Å². The molecular formula is C3H6N4O. The molecule has 8 heavy (non-hydrogen) atoms. The van der Waals surface area contributed by atoms with Crippen molar-refractivity contribution in [1.82, 2.24) is 15.1 Å². The molecule has 1 rings (SSSR count). The van der Waals surface area contributed by atoms with Crippen molar-refractivity contribution in [3.8, 4) is 0 Å². The molecule has 0 amide bonds. The molecule has 0 fully saturated rings. The minimum atomic E-state index is -0.209. The van der Waals surface area contributed by atoms with Crippen molar-refractivity contribution in [2.45, 2.75) is 0 Å². The summed E-state index contributed by atoms with van der Waals surface area (Å²) in [6, 6.07) is 0.